The van der Waals surface area contributed by atoms with Gasteiger partial charge in [-0.05, 0) is 70.8 Å². The summed E-state index contributed by atoms with van der Waals surface area (Å²) in [5.74, 6) is 1.10. The van der Waals surface area contributed by atoms with Gasteiger partial charge in [0, 0.05) is 38.2 Å². The highest BCUT2D eigenvalue weighted by Crippen LogP contribution is 2.42. The van der Waals surface area contributed by atoms with Gasteiger partial charge in [0.25, 0.3) is 0 Å². The number of benzene rings is 9. The molecule has 0 unspecified atom stereocenters. The number of rotatable bonds is 7. The van der Waals surface area contributed by atoms with Crippen molar-refractivity contribution in [2.24, 2.45) is 0 Å². The van der Waals surface area contributed by atoms with Crippen molar-refractivity contribution in [3.05, 3.63) is 224 Å². The molecule has 12 rings (SSSR count). The number of aromatic nitrogens is 5. The van der Waals surface area contributed by atoms with Crippen molar-refractivity contribution >= 4 is 43.6 Å². The van der Waals surface area contributed by atoms with Crippen molar-refractivity contribution in [2.45, 2.75) is 0 Å². The van der Waals surface area contributed by atoms with E-state index in [0.717, 1.165) is 38.3 Å². The Morgan fingerprint density at radius 1 is 0.375 bits per heavy atom. The molecule has 0 aliphatic heterocycles. The van der Waals surface area contributed by atoms with Crippen molar-refractivity contribution in [1.82, 2.24) is 24.1 Å². The van der Waals surface area contributed by atoms with E-state index < -0.39 is 36.3 Å². The van der Waals surface area contributed by atoms with E-state index in [-0.39, 0.29) is 46.7 Å². The number of hydrogen-bond donors (Lipinski definition) is 0. The van der Waals surface area contributed by atoms with Crippen molar-refractivity contribution in [1.29, 1.82) is 5.26 Å². The van der Waals surface area contributed by atoms with Crippen LogP contribution in [0.15, 0.2) is 218 Å². The summed E-state index contributed by atoms with van der Waals surface area (Å²) in [5, 5.41) is 14.4. The average Bonchev–Trinajstić information content (AvgIpc) is 3.95. The molecule has 0 radical (unpaired) electrons. The normalized spacial score (nSPS) is 13.6. The van der Waals surface area contributed by atoms with Gasteiger partial charge in [0.2, 0.25) is 0 Å². The van der Waals surface area contributed by atoms with E-state index in [9.17, 15) is 5.26 Å². The fourth-order valence-corrected chi connectivity index (χ4v) is 8.71. The van der Waals surface area contributed by atoms with Crippen molar-refractivity contribution in [3.63, 3.8) is 0 Å². The van der Waals surface area contributed by atoms with E-state index >= 15 is 0 Å². The van der Waals surface area contributed by atoms with Gasteiger partial charge in [-0.3, -0.25) is 0 Å². The Labute approximate surface area is 383 Å². The number of para-hydroxylation sites is 2. The lowest BCUT2D eigenvalue weighted by molar-refractivity contribution is 1.06. The van der Waals surface area contributed by atoms with E-state index in [1.807, 2.05) is 144 Å². The Balaban J connectivity index is 1.18. The zero-order valence-corrected chi connectivity index (χ0v) is 33.7. The topological polar surface area (TPSA) is 72.3 Å². The highest BCUT2D eigenvalue weighted by molar-refractivity contribution is 6.12. The van der Waals surface area contributed by atoms with Gasteiger partial charge in [-0.15, -0.1) is 0 Å². The zero-order chi connectivity index (χ0) is 51.3. The molecule has 0 fully saturated rings. The van der Waals surface area contributed by atoms with Gasteiger partial charge in [-0.2, -0.15) is 5.26 Å². The Morgan fingerprint density at radius 3 is 1.31 bits per heavy atom. The molecule has 12 aromatic rings. The first kappa shape index (κ1) is 27.8. The molecule has 0 amide bonds. The molecule has 0 atom stereocenters. The van der Waals surface area contributed by atoms with E-state index in [4.69, 9.17) is 28.7 Å². The van der Waals surface area contributed by atoms with Crippen LogP contribution in [0.5, 0.6) is 0 Å². The lowest BCUT2D eigenvalue weighted by atomic mass is 10.0. The molecule has 9 aromatic carbocycles. The fourth-order valence-electron chi connectivity index (χ4n) is 8.71. The molecule has 0 spiro atoms. The minimum atomic E-state index is -0.479. The lowest BCUT2D eigenvalue weighted by Gasteiger charge is -2.19. The molecule has 0 aliphatic rings. The molecule has 6 nitrogen and oxygen atoms in total. The Morgan fingerprint density at radius 2 is 0.812 bits per heavy atom. The summed E-state index contributed by atoms with van der Waals surface area (Å²) in [6, 6.07) is 47.7. The lowest BCUT2D eigenvalue weighted by Crippen LogP contribution is -2.07. The number of hydrogen-bond acceptors (Lipinski definition) is 4. The third-order valence-electron chi connectivity index (χ3n) is 11.6. The van der Waals surface area contributed by atoms with Crippen LogP contribution in [0.2, 0.25) is 0 Å². The number of nitriles is 1. The van der Waals surface area contributed by atoms with Crippen LogP contribution in [0.1, 0.15) is 19.3 Å². The maximum Gasteiger partial charge on any atom is 0.166 e. The van der Waals surface area contributed by atoms with E-state index in [2.05, 4.69) is 10.6 Å². The van der Waals surface area contributed by atoms with Crippen LogP contribution in [0.4, 0.5) is 0 Å². The van der Waals surface area contributed by atoms with Crippen molar-refractivity contribution in [2.75, 3.05) is 0 Å². The summed E-state index contributed by atoms with van der Waals surface area (Å²) in [5.41, 5.74) is 7.21. The summed E-state index contributed by atoms with van der Waals surface area (Å²) >= 11 is 0. The Kier molecular flexibility index (Phi) is 6.62. The summed E-state index contributed by atoms with van der Waals surface area (Å²) < 4.78 is 89.5. The standard InChI is InChI=1S/C58H36N6/c59-37-44-35-49(58-61-56(40-21-9-3-10-22-40)60-57(62-58)41-23-11-4-12-24-41)55(64-51-28-16-14-26-46(51)48-34-43(30-32-53(48)64)39-19-7-2-8-20-39)36-54(44)63-50-27-15-13-25-45(50)47-33-42(29-31-52(47)63)38-17-5-1-6-18-38/h1-36H/i1D,2D,5D,6D,7D,8D,17D,18D,19D,20D. The summed E-state index contributed by atoms with van der Waals surface area (Å²) in [4.78, 5) is 15.3. The highest BCUT2D eigenvalue weighted by atomic mass is 15.1. The van der Waals surface area contributed by atoms with E-state index in [0.29, 0.717) is 56.1 Å². The first-order chi connectivity index (χ1) is 35.8. The fraction of sp³-hybridized carbons (Fsp3) is 0. The predicted octanol–water partition coefficient (Wildman–Crippen LogP) is 14.3. The van der Waals surface area contributed by atoms with Crippen LogP contribution >= 0.6 is 0 Å². The minimum absolute atomic E-state index is 0.0715. The second-order valence-corrected chi connectivity index (χ2v) is 15.2. The second kappa shape index (κ2) is 15.2. The zero-order valence-electron chi connectivity index (χ0n) is 43.7. The molecule has 3 aromatic heterocycles. The Hall–Kier alpha value is -8.92. The third-order valence-corrected chi connectivity index (χ3v) is 11.6. The first-order valence-corrected chi connectivity index (χ1v) is 20.5. The molecule has 64 heavy (non-hydrogen) atoms. The van der Waals surface area contributed by atoms with Gasteiger partial charge >= 0.3 is 0 Å². The van der Waals surface area contributed by atoms with Crippen LogP contribution in [0, 0.1) is 11.3 Å². The summed E-state index contributed by atoms with van der Waals surface area (Å²) in [6.07, 6.45) is 0. The molecular weight excluding hydrogens is 781 g/mol. The van der Waals surface area contributed by atoms with Gasteiger partial charge in [0.1, 0.15) is 6.07 Å². The van der Waals surface area contributed by atoms with E-state index in [1.54, 1.807) is 18.2 Å². The summed E-state index contributed by atoms with van der Waals surface area (Å²) in [7, 11) is 0. The third kappa shape index (κ3) is 6.14. The first-order valence-electron chi connectivity index (χ1n) is 25.5. The van der Waals surface area contributed by atoms with Crippen LogP contribution in [0.25, 0.3) is 111 Å². The molecule has 0 aliphatic carbocycles. The highest BCUT2D eigenvalue weighted by Gasteiger charge is 2.24. The molecule has 6 heteroatoms. The minimum Gasteiger partial charge on any atom is -0.308 e. The average molecular weight is 827 g/mol. The number of fused-ring (bicyclic) bond motifs is 6. The van der Waals surface area contributed by atoms with Crippen LogP contribution in [-0.4, -0.2) is 24.1 Å². The molecule has 3 heterocycles. The molecule has 0 saturated carbocycles. The molecule has 0 saturated heterocycles. The van der Waals surface area contributed by atoms with Crippen LogP contribution in [-0.2, 0) is 0 Å². The van der Waals surface area contributed by atoms with Crippen molar-refractivity contribution < 1.29 is 13.7 Å². The maximum absolute atomic E-state index is 11.3. The van der Waals surface area contributed by atoms with Crippen LogP contribution < -0.4 is 0 Å². The molecule has 0 N–H and O–H groups in total. The smallest absolute Gasteiger partial charge is 0.166 e. The van der Waals surface area contributed by atoms with Gasteiger partial charge < -0.3 is 9.13 Å². The molecule has 0 bridgehead atoms. The largest absolute Gasteiger partial charge is 0.308 e. The van der Waals surface area contributed by atoms with Crippen LogP contribution in [0.3, 0.4) is 0 Å². The monoisotopic (exact) mass is 826 g/mol. The SMILES string of the molecule is [2H]c1c([2H])c([2H])c(-c2ccc3c(c2)c2ccccc2n3-c2cc(-n3c4ccccc4c4cc(-c5c([2H])c([2H])c([2H])c([2H])c5[2H])ccc43)c(-c3nc(-c4ccccc4)nc(-c4ccccc4)n3)cc2C#N)c([2H])c1[2H]. The van der Waals surface area contributed by atoms with Gasteiger partial charge in [-0.25, -0.2) is 15.0 Å². The Bertz CT molecular complexity index is 4280. The van der Waals surface area contributed by atoms with Gasteiger partial charge in [-0.1, -0.05) is 170 Å². The quantitative estimate of drug-likeness (QED) is 0.160. The maximum atomic E-state index is 11.3. The predicted molar refractivity (Wildman–Crippen MR) is 260 cm³/mol. The second-order valence-electron chi connectivity index (χ2n) is 15.2. The van der Waals surface area contributed by atoms with Gasteiger partial charge in [0.05, 0.1) is 52.7 Å². The van der Waals surface area contributed by atoms with E-state index in [1.165, 1.54) is 0 Å². The summed E-state index contributed by atoms with van der Waals surface area (Å²) in [6.45, 7) is 0. The van der Waals surface area contributed by atoms with Gasteiger partial charge in [0.15, 0.2) is 17.5 Å². The molecular formula is C58H36N6. The number of nitrogens with zero attached hydrogens (tertiary/aromatic N) is 6. The molecule has 298 valence electrons. The van der Waals surface area contributed by atoms with Crippen molar-refractivity contribution in [3.8, 4) is 73.9 Å².